The van der Waals surface area contributed by atoms with Crippen molar-refractivity contribution in [2.24, 2.45) is 11.7 Å². The largest absolute Gasteiger partial charge is 0.381 e. The maximum Gasteiger partial charge on any atom is 0.195 e. The van der Waals surface area contributed by atoms with Crippen LogP contribution in [0.4, 0.5) is 4.39 Å². The van der Waals surface area contributed by atoms with E-state index in [1.165, 1.54) is 6.07 Å². The Labute approximate surface area is 139 Å². The summed E-state index contributed by atoms with van der Waals surface area (Å²) in [5.41, 5.74) is 6.12. The molecular weight excluding hydrogens is 315 g/mol. The Morgan fingerprint density at radius 1 is 1.35 bits per heavy atom. The molecule has 2 N–H and O–H groups in total. The van der Waals surface area contributed by atoms with Gasteiger partial charge in [0.2, 0.25) is 0 Å². The number of hydrogen-bond acceptors (Lipinski definition) is 5. The highest BCUT2D eigenvalue weighted by molar-refractivity contribution is 7.99. The van der Waals surface area contributed by atoms with Crippen molar-refractivity contribution in [2.45, 2.75) is 24.4 Å². The number of nitrogens with zero attached hydrogens (tertiary/aromatic N) is 3. The predicted molar refractivity (Wildman–Crippen MR) is 88.3 cm³/mol. The number of para-hydroxylation sites is 1. The van der Waals surface area contributed by atoms with Gasteiger partial charge in [-0.05, 0) is 37.4 Å². The lowest BCUT2D eigenvalue weighted by atomic mass is 10.1. The Hall–Kier alpha value is -1.44. The van der Waals surface area contributed by atoms with E-state index in [0.29, 0.717) is 30.4 Å². The molecule has 5 nitrogen and oxygen atoms in total. The van der Waals surface area contributed by atoms with Gasteiger partial charge in [-0.25, -0.2) is 4.39 Å². The van der Waals surface area contributed by atoms with Crippen molar-refractivity contribution in [2.75, 3.05) is 25.5 Å². The molecule has 1 aliphatic rings. The molecule has 0 radical (unpaired) electrons. The molecule has 0 aliphatic carbocycles. The van der Waals surface area contributed by atoms with E-state index in [-0.39, 0.29) is 5.82 Å². The fraction of sp³-hybridized carbons (Fsp3) is 0.500. The predicted octanol–water partition coefficient (Wildman–Crippen LogP) is 2.43. The summed E-state index contributed by atoms with van der Waals surface area (Å²) in [6.07, 6.45) is 2.76. The number of halogens is 1. The van der Waals surface area contributed by atoms with E-state index in [2.05, 4.69) is 10.2 Å². The third-order valence-electron chi connectivity index (χ3n) is 3.94. The molecule has 2 aromatic rings. The summed E-state index contributed by atoms with van der Waals surface area (Å²) in [5, 5.41) is 9.15. The summed E-state index contributed by atoms with van der Waals surface area (Å²) in [4.78, 5) is 0. The van der Waals surface area contributed by atoms with Gasteiger partial charge in [-0.1, -0.05) is 23.9 Å². The molecule has 1 atom stereocenters. The van der Waals surface area contributed by atoms with E-state index in [1.54, 1.807) is 28.5 Å². The maximum atomic E-state index is 14.2. The van der Waals surface area contributed by atoms with Gasteiger partial charge in [0.05, 0.1) is 5.69 Å². The van der Waals surface area contributed by atoms with Gasteiger partial charge in [-0.3, -0.25) is 4.57 Å². The van der Waals surface area contributed by atoms with E-state index in [1.807, 2.05) is 6.07 Å². The summed E-state index contributed by atoms with van der Waals surface area (Å²) >= 11 is 1.61. The normalized spacial score (nSPS) is 17.7. The summed E-state index contributed by atoms with van der Waals surface area (Å²) in [7, 11) is 0. The molecule has 7 heteroatoms. The van der Waals surface area contributed by atoms with Crippen LogP contribution in [0.25, 0.3) is 5.69 Å². The monoisotopic (exact) mass is 336 g/mol. The van der Waals surface area contributed by atoms with Gasteiger partial charge in [-0.15, -0.1) is 10.2 Å². The first kappa shape index (κ1) is 16.4. The number of benzene rings is 1. The number of thioether (sulfide) groups is 1. The fourth-order valence-corrected chi connectivity index (χ4v) is 3.75. The standard InChI is InChI=1S/C16H21FN4OS/c17-13-3-1-2-4-14(13)21-15(5-8-18)19-20-16(21)23-10-7-12-6-9-22-11-12/h1-4,12H,5-11,18H2/t12-/m1/s1. The lowest BCUT2D eigenvalue weighted by Gasteiger charge is -2.11. The van der Waals surface area contributed by atoms with Gasteiger partial charge in [-0.2, -0.15) is 0 Å². The Balaban J connectivity index is 1.78. The molecule has 0 bridgehead atoms. The van der Waals surface area contributed by atoms with Crippen molar-refractivity contribution in [3.05, 3.63) is 35.9 Å². The zero-order chi connectivity index (χ0) is 16.1. The van der Waals surface area contributed by atoms with Gasteiger partial charge in [0, 0.05) is 25.4 Å². The van der Waals surface area contributed by atoms with E-state index in [0.717, 1.165) is 37.0 Å². The third-order valence-corrected chi connectivity index (χ3v) is 4.91. The molecule has 1 aliphatic heterocycles. The lowest BCUT2D eigenvalue weighted by molar-refractivity contribution is 0.185. The summed E-state index contributed by atoms with van der Waals surface area (Å²) in [5.74, 6) is 1.96. The van der Waals surface area contributed by atoms with Crippen molar-refractivity contribution in [3.63, 3.8) is 0 Å². The molecule has 1 aromatic heterocycles. The Kier molecular flexibility index (Phi) is 5.64. The minimum atomic E-state index is -0.281. The van der Waals surface area contributed by atoms with Crippen molar-refractivity contribution >= 4 is 11.8 Å². The van der Waals surface area contributed by atoms with Crippen LogP contribution in [0.2, 0.25) is 0 Å². The zero-order valence-corrected chi connectivity index (χ0v) is 13.8. The fourth-order valence-electron chi connectivity index (χ4n) is 2.69. The van der Waals surface area contributed by atoms with Gasteiger partial charge < -0.3 is 10.5 Å². The lowest BCUT2D eigenvalue weighted by Crippen LogP contribution is -2.11. The highest BCUT2D eigenvalue weighted by atomic mass is 32.2. The van der Waals surface area contributed by atoms with Crippen LogP contribution in [-0.4, -0.2) is 40.3 Å². The van der Waals surface area contributed by atoms with Gasteiger partial charge >= 0.3 is 0 Å². The van der Waals surface area contributed by atoms with Crippen LogP contribution in [-0.2, 0) is 11.2 Å². The highest BCUT2D eigenvalue weighted by Crippen LogP contribution is 2.26. The molecule has 1 saturated heterocycles. The summed E-state index contributed by atoms with van der Waals surface area (Å²) in [6, 6.07) is 6.69. The summed E-state index contributed by atoms with van der Waals surface area (Å²) in [6.45, 7) is 2.16. The second-order valence-electron chi connectivity index (χ2n) is 5.59. The van der Waals surface area contributed by atoms with Crippen LogP contribution in [0.3, 0.4) is 0 Å². The SMILES string of the molecule is NCCc1nnc(SCC[C@H]2CCOC2)n1-c1ccccc1F. The molecular formula is C16H21FN4OS. The average Bonchev–Trinajstić information content (AvgIpc) is 3.19. The number of hydrogen-bond donors (Lipinski definition) is 1. The van der Waals surface area contributed by atoms with Crippen molar-refractivity contribution < 1.29 is 9.13 Å². The van der Waals surface area contributed by atoms with Crippen LogP contribution < -0.4 is 5.73 Å². The second kappa shape index (κ2) is 7.90. The van der Waals surface area contributed by atoms with E-state index < -0.39 is 0 Å². The van der Waals surface area contributed by atoms with Crippen LogP contribution >= 0.6 is 11.8 Å². The molecule has 0 unspecified atom stereocenters. The number of aromatic nitrogens is 3. The van der Waals surface area contributed by atoms with Gasteiger partial charge in [0.1, 0.15) is 11.6 Å². The molecule has 2 heterocycles. The number of nitrogens with two attached hydrogens (primary N) is 1. The van der Waals surface area contributed by atoms with Crippen molar-refractivity contribution in [1.29, 1.82) is 0 Å². The van der Waals surface area contributed by atoms with Crippen molar-refractivity contribution in [1.82, 2.24) is 14.8 Å². The van der Waals surface area contributed by atoms with E-state index >= 15 is 0 Å². The first-order valence-electron chi connectivity index (χ1n) is 7.89. The number of ether oxygens (including phenoxy) is 1. The van der Waals surface area contributed by atoms with E-state index in [4.69, 9.17) is 10.5 Å². The smallest absolute Gasteiger partial charge is 0.195 e. The third kappa shape index (κ3) is 3.91. The molecule has 0 spiro atoms. The molecule has 124 valence electrons. The molecule has 23 heavy (non-hydrogen) atoms. The Bertz CT molecular complexity index is 643. The average molecular weight is 336 g/mol. The van der Waals surface area contributed by atoms with Crippen molar-refractivity contribution in [3.8, 4) is 5.69 Å². The minimum Gasteiger partial charge on any atom is -0.381 e. The van der Waals surface area contributed by atoms with Crippen LogP contribution in [0.1, 0.15) is 18.7 Å². The summed E-state index contributed by atoms with van der Waals surface area (Å²) < 4.78 is 21.4. The van der Waals surface area contributed by atoms with Crippen LogP contribution in [0.5, 0.6) is 0 Å². The first-order chi connectivity index (χ1) is 11.3. The Morgan fingerprint density at radius 2 is 2.22 bits per heavy atom. The Morgan fingerprint density at radius 3 is 2.96 bits per heavy atom. The maximum absolute atomic E-state index is 14.2. The van der Waals surface area contributed by atoms with Crippen LogP contribution in [0, 0.1) is 11.7 Å². The first-order valence-corrected chi connectivity index (χ1v) is 8.88. The molecule has 3 rings (SSSR count). The number of rotatable bonds is 7. The van der Waals surface area contributed by atoms with Crippen LogP contribution in [0.15, 0.2) is 29.4 Å². The highest BCUT2D eigenvalue weighted by Gasteiger charge is 2.19. The molecule has 0 amide bonds. The molecule has 1 aromatic carbocycles. The molecule has 1 fully saturated rings. The quantitative estimate of drug-likeness (QED) is 0.787. The molecule has 0 saturated carbocycles. The second-order valence-corrected chi connectivity index (χ2v) is 6.65. The van der Waals surface area contributed by atoms with Gasteiger partial charge in [0.25, 0.3) is 0 Å². The zero-order valence-electron chi connectivity index (χ0n) is 12.9. The topological polar surface area (TPSA) is 66.0 Å². The minimum absolute atomic E-state index is 0.281. The van der Waals surface area contributed by atoms with Gasteiger partial charge in [0.15, 0.2) is 5.16 Å². The van der Waals surface area contributed by atoms with E-state index in [9.17, 15) is 4.39 Å².